The minimum absolute atomic E-state index is 0.479. The number of hydrogen-bond donors (Lipinski definition) is 1. The van der Waals surface area contributed by atoms with Crippen molar-refractivity contribution in [1.29, 1.82) is 0 Å². The number of hydrogen-bond acceptors (Lipinski definition) is 5. The molecule has 2 N–H and O–H groups in total. The van der Waals surface area contributed by atoms with Gasteiger partial charge in [0.05, 0.1) is 28.3 Å². The summed E-state index contributed by atoms with van der Waals surface area (Å²) in [4.78, 5) is 6.06. The van der Waals surface area contributed by atoms with E-state index in [1.165, 1.54) is 10.6 Å². The van der Waals surface area contributed by atoms with Gasteiger partial charge in [0.15, 0.2) is 0 Å². The molecule has 1 fully saturated rings. The van der Waals surface area contributed by atoms with E-state index >= 15 is 0 Å². The van der Waals surface area contributed by atoms with Gasteiger partial charge in [0.2, 0.25) is 10.0 Å². The monoisotopic (exact) mass is 334 g/mol. The summed E-state index contributed by atoms with van der Waals surface area (Å²) in [5.74, 6) is 0. The van der Waals surface area contributed by atoms with Crippen molar-refractivity contribution < 1.29 is 8.42 Å². The SMILES string of the molecule is CS(=O)(=O)N1CCN(c2c(N)cncc2Br)CC1. The molecular formula is C10H15BrN4O2S. The van der Waals surface area contributed by atoms with Crippen molar-refractivity contribution >= 4 is 37.3 Å². The number of anilines is 2. The van der Waals surface area contributed by atoms with Gasteiger partial charge in [-0.15, -0.1) is 0 Å². The van der Waals surface area contributed by atoms with Gasteiger partial charge in [0.1, 0.15) is 0 Å². The molecule has 0 spiro atoms. The molecule has 8 heteroatoms. The fraction of sp³-hybridized carbons (Fsp3) is 0.500. The molecule has 1 aliphatic rings. The van der Waals surface area contributed by atoms with Crippen LogP contribution in [-0.4, -0.2) is 50.1 Å². The van der Waals surface area contributed by atoms with E-state index < -0.39 is 10.0 Å². The van der Waals surface area contributed by atoms with Gasteiger partial charge in [-0.2, -0.15) is 4.31 Å². The maximum atomic E-state index is 11.4. The summed E-state index contributed by atoms with van der Waals surface area (Å²) in [6, 6.07) is 0. The molecule has 1 aliphatic heterocycles. The summed E-state index contributed by atoms with van der Waals surface area (Å²) in [5, 5.41) is 0. The number of piperazine rings is 1. The molecule has 2 heterocycles. The number of sulfonamides is 1. The normalized spacial score (nSPS) is 18.0. The Balaban J connectivity index is 2.15. The Bertz CT molecular complexity index is 521. The Hall–Kier alpha value is -0.860. The summed E-state index contributed by atoms with van der Waals surface area (Å²) in [6.07, 6.45) is 4.52. The number of nitrogens with two attached hydrogens (primary N) is 1. The van der Waals surface area contributed by atoms with Crippen molar-refractivity contribution in [3.8, 4) is 0 Å². The Morgan fingerprint density at radius 1 is 1.28 bits per heavy atom. The summed E-state index contributed by atoms with van der Waals surface area (Å²) < 4.78 is 25.2. The van der Waals surface area contributed by atoms with Gasteiger partial charge in [0.25, 0.3) is 0 Å². The fourth-order valence-electron chi connectivity index (χ4n) is 2.02. The molecule has 18 heavy (non-hydrogen) atoms. The molecule has 0 bridgehead atoms. The lowest BCUT2D eigenvalue weighted by molar-refractivity contribution is 0.388. The van der Waals surface area contributed by atoms with Crippen LogP contribution in [0.3, 0.4) is 0 Å². The molecule has 6 nitrogen and oxygen atoms in total. The van der Waals surface area contributed by atoms with Gasteiger partial charge in [-0.05, 0) is 15.9 Å². The van der Waals surface area contributed by atoms with E-state index in [4.69, 9.17) is 5.73 Å². The average Bonchev–Trinajstić information content (AvgIpc) is 2.28. The van der Waals surface area contributed by atoms with E-state index in [1.54, 1.807) is 12.4 Å². The van der Waals surface area contributed by atoms with Crippen LogP contribution in [0.15, 0.2) is 16.9 Å². The summed E-state index contributed by atoms with van der Waals surface area (Å²) >= 11 is 3.42. The smallest absolute Gasteiger partial charge is 0.211 e. The minimum Gasteiger partial charge on any atom is -0.396 e. The van der Waals surface area contributed by atoms with Crippen molar-refractivity contribution in [3.63, 3.8) is 0 Å². The molecule has 0 saturated carbocycles. The number of pyridine rings is 1. The van der Waals surface area contributed by atoms with Crippen molar-refractivity contribution in [3.05, 3.63) is 16.9 Å². The molecule has 0 unspecified atom stereocenters. The highest BCUT2D eigenvalue weighted by atomic mass is 79.9. The van der Waals surface area contributed by atoms with E-state index in [2.05, 4.69) is 25.8 Å². The van der Waals surface area contributed by atoms with E-state index in [9.17, 15) is 8.42 Å². The Kier molecular flexibility index (Phi) is 3.79. The second-order valence-corrected chi connectivity index (χ2v) is 7.05. The Morgan fingerprint density at radius 2 is 1.89 bits per heavy atom. The Labute approximate surface area is 115 Å². The predicted molar refractivity (Wildman–Crippen MR) is 75.0 cm³/mol. The molecule has 100 valence electrons. The van der Waals surface area contributed by atoms with Crippen molar-refractivity contribution in [1.82, 2.24) is 9.29 Å². The number of rotatable bonds is 2. The lowest BCUT2D eigenvalue weighted by Crippen LogP contribution is -2.48. The molecule has 0 radical (unpaired) electrons. The number of nitrogen functional groups attached to an aromatic ring is 1. The van der Waals surface area contributed by atoms with E-state index in [1.807, 2.05) is 0 Å². The third kappa shape index (κ3) is 2.76. The van der Waals surface area contributed by atoms with Crippen LogP contribution in [-0.2, 0) is 10.0 Å². The Morgan fingerprint density at radius 3 is 2.39 bits per heavy atom. The minimum atomic E-state index is -3.10. The predicted octanol–water partition coefficient (Wildman–Crippen LogP) is 0.508. The van der Waals surface area contributed by atoms with Crippen LogP contribution in [0.1, 0.15) is 0 Å². The third-order valence-corrected chi connectivity index (χ3v) is 4.81. The zero-order valence-corrected chi connectivity index (χ0v) is 12.4. The molecule has 0 atom stereocenters. The number of aromatic nitrogens is 1. The first-order chi connectivity index (χ1) is 8.39. The highest BCUT2D eigenvalue weighted by Crippen LogP contribution is 2.31. The third-order valence-electron chi connectivity index (χ3n) is 2.93. The standard InChI is InChI=1S/C10H15BrN4O2S/c1-18(16,17)15-4-2-14(3-5-15)10-8(11)6-13-7-9(10)12/h6-7H,2-5,12H2,1H3. The second kappa shape index (κ2) is 5.02. The first kappa shape index (κ1) is 13.6. The van der Waals surface area contributed by atoms with Crippen molar-refractivity contribution in [2.45, 2.75) is 0 Å². The lowest BCUT2D eigenvalue weighted by atomic mass is 10.2. The van der Waals surface area contributed by atoms with E-state index in [0.29, 0.717) is 31.9 Å². The van der Waals surface area contributed by atoms with Gasteiger partial charge < -0.3 is 10.6 Å². The van der Waals surface area contributed by atoms with Crippen LogP contribution >= 0.6 is 15.9 Å². The largest absolute Gasteiger partial charge is 0.396 e. The van der Waals surface area contributed by atoms with Gasteiger partial charge in [-0.1, -0.05) is 0 Å². The maximum absolute atomic E-state index is 11.4. The van der Waals surface area contributed by atoms with Gasteiger partial charge in [-0.25, -0.2) is 8.42 Å². The second-order valence-electron chi connectivity index (χ2n) is 4.21. The molecule has 1 aromatic rings. The maximum Gasteiger partial charge on any atom is 0.211 e. The first-order valence-corrected chi connectivity index (χ1v) is 8.13. The van der Waals surface area contributed by atoms with Crippen LogP contribution in [0.25, 0.3) is 0 Å². The quantitative estimate of drug-likeness (QED) is 0.852. The van der Waals surface area contributed by atoms with E-state index in [0.717, 1.165) is 10.2 Å². The highest BCUT2D eigenvalue weighted by Gasteiger charge is 2.25. The summed E-state index contributed by atoms with van der Waals surface area (Å²) in [7, 11) is -3.10. The zero-order chi connectivity index (χ0) is 13.3. The van der Waals surface area contributed by atoms with Crippen molar-refractivity contribution in [2.24, 2.45) is 0 Å². The molecule has 1 aromatic heterocycles. The fourth-order valence-corrected chi connectivity index (χ4v) is 3.44. The summed E-state index contributed by atoms with van der Waals surface area (Å²) in [6.45, 7) is 2.21. The van der Waals surface area contributed by atoms with Gasteiger partial charge in [-0.3, -0.25) is 4.98 Å². The van der Waals surface area contributed by atoms with E-state index in [-0.39, 0.29) is 0 Å². The summed E-state index contributed by atoms with van der Waals surface area (Å²) in [5.41, 5.74) is 7.39. The lowest BCUT2D eigenvalue weighted by Gasteiger charge is -2.35. The molecule has 1 saturated heterocycles. The van der Waals surface area contributed by atoms with Crippen LogP contribution in [0.4, 0.5) is 11.4 Å². The zero-order valence-electron chi connectivity index (χ0n) is 10.0. The molecule has 2 rings (SSSR count). The van der Waals surface area contributed by atoms with Crippen LogP contribution in [0.5, 0.6) is 0 Å². The number of nitrogens with zero attached hydrogens (tertiary/aromatic N) is 3. The van der Waals surface area contributed by atoms with Crippen molar-refractivity contribution in [2.75, 3.05) is 43.1 Å². The average molecular weight is 335 g/mol. The first-order valence-electron chi connectivity index (χ1n) is 5.48. The highest BCUT2D eigenvalue weighted by molar-refractivity contribution is 9.10. The topological polar surface area (TPSA) is 79.5 Å². The number of halogens is 1. The van der Waals surface area contributed by atoms with Crippen LogP contribution in [0, 0.1) is 0 Å². The van der Waals surface area contributed by atoms with Crippen LogP contribution < -0.4 is 10.6 Å². The molecule has 0 aliphatic carbocycles. The van der Waals surface area contributed by atoms with Crippen LogP contribution in [0.2, 0.25) is 0 Å². The molecular weight excluding hydrogens is 320 g/mol. The van der Waals surface area contributed by atoms with Gasteiger partial charge in [0, 0.05) is 32.4 Å². The van der Waals surface area contributed by atoms with Gasteiger partial charge >= 0.3 is 0 Å². The molecule has 0 amide bonds. The molecule has 0 aromatic carbocycles.